The van der Waals surface area contributed by atoms with Crippen LogP contribution in [0.2, 0.25) is 0 Å². The number of carbonyl (C=O) groups excluding carboxylic acids is 2. The summed E-state index contributed by atoms with van der Waals surface area (Å²) in [6.07, 6.45) is 5.50. The highest BCUT2D eigenvalue weighted by molar-refractivity contribution is 5.94. The molecular formula is C18H24N4O2. The van der Waals surface area contributed by atoms with Crippen molar-refractivity contribution < 1.29 is 9.59 Å². The van der Waals surface area contributed by atoms with Gasteiger partial charge in [-0.15, -0.1) is 0 Å². The van der Waals surface area contributed by atoms with Crippen LogP contribution in [0.4, 0.5) is 5.69 Å². The summed E-state index contributed by atoms with van der Waals surface area (Å²) in [6, 6.07) is 7.85. The average molecular weight is 328 g/mol. The molecule has 4 N–H and O–H groups in total. The number of benzene rings is 1. The molecule has 2 atom stereocenters. The number of hydrogen-bond donors (Lipinski definition) is 3. The van der Waals surface area contributed by atoms with Crippen LogP contribution in [0.1, 0.15) is 25.7 Å². The third-order valence-electron chi connectivity index (χ3n) is 4.82. The van der Waals surface area contributed by atoms with E-state index in [-0.39, 0.29) is 30.3 Å². The summed E-state index contributed by atoms with van der Waals surface area (Å²) >= 11 is 0. The Morgan fingerprint density at radius 2 is 2.08 bits per heavy atom. The second-order valence-corrected chi connectivity index (χ2v) is 6.50. The number of nitrogens with zero attached hydrogens (tertiary/aromatic N) is 1. The van der Waals surface area contributed by atoms with E-state index in [1.54, 1.807) is 7.05 Å². The van der Waals surface area contributed by atoms with Crippen molar-refractivity contribution in [3.05, 3.63) is 30.5 Å². The lowest BCUT2D eigenvalue weighted by Gasteiger charge is -2.15. The number of carbonyl (C=O) groups is 2. The molecule has 0 unspecified atom stereocenters. The van der Waals surface area contributed by atoms with Crippen molar-refractivity contribution in [3.63, 3.8) is 0 Å². The van der Waals surface area contributed by atoms with Gasteiger partial charge in [-0.1, -0.05) is 12.5 Å². The molecule has 128 valence electrons. The van der Waals surface area contributed by atoms with Crippen LogP contribution in [0, 0.1) is 5.92 Å². The monoisotopic (exact) mass is 328 g/mol. The normalized spacial score (nSPS) is 20.2. The van der Waals surface area contributed by atoms with Crippen molar-refractivity contribution in [1.82, 2.24) is 9.88 Å². The van der Waals surface area contributed by atoms with Crippen molar-refractivity contribution in [3.8, 4) is 0 Å². The van der Waals surface area contributed by atoms with E-state index in [1.165, 1.54) is 0 Å². The van der Waals surface area contributed by atoms with Gasteiger partial charge >= 0.3 is 0 Å². The second-order valence-electron chi connectivity index (χ2n) is 6.50. The highest BCUT2D eigenvalue weighted by atomic mass is 16.2. The van der Waals surface area contributed by atoms with E-state index in [4.69, 9.17) is 5.73 Å². The van der Waals surface area contributed by atoms with Gasteiger partial charge in [-0.3, -0.25) is 9.59 Å². The highest BCUT2D eigenvalue weighted by Gasteiger charge is 2.26. The predicted molar refractivity (Wildman–Crippen MR) is 94.6 cm³/mol. The molecule has 2 amide bonds. The fourth-order valence-corrected chi connectivity index (χ4v) is 3.40. The van der Waals surface area contributed by atoms with E-state index >= 15 is 0 Å². The van der Waals surface area contributed by atoms with Gasteiger partial charge in [0.1, 0.15) is 6.54 Å². The molecule has 0 bridgehead atoms. The molecule has 0 aliphatic heterocycles. The number of anilines is 1. The number of nitrogens with one attached hydrogen (secondary N) is 2. The number of rotatable bonds is 5. The number of likely N-dealkylation sites (N-methyl/N-ethyl adjacent to an activating group) is 1. The smallest absolute Gasteiger partial charge is 0.239 e. The molecule has 0 saturated heterocycles. The van der Waals surface area contributed by atoms with E-state index in [1.807, 2.05) is 35.0 Å². The van der Waals surface area contributed by atoms with Gasteiger partial charge < -0.3 is 20.9 Å². The van der Waals surface area contributed by atoms with Crippen LogP contribution in [0.25, 0.3) is 10.9 Å². The third-order valence-corrected chi connectivity index (χ3v) is 4.82. The first-order chi connectivity index (χ1) is 11.6. The van der Waals surface area contributed by atoms with Crippen molar-refractivity contribution in [2.75, 3.05) is 12.4 Å². The zero-order valence-electron chi connectivity index (χ0n) is 13.9. The molecule has 1 aromatic carbocycles. The number of amides is 2. The molecule has 2 aromatic rings. The molecule has 6 nitrogen and oxygen atoms in total. The first kappa shape index (κ1) is 16.5. The fourth-order valence-electron chi connectivity index (χ4n) is 3.40. The molecule has 1 heterocycles. The Balaban J connectivity index is 1.71. The summed E-state index contributed by atoms with van der Waals surface area (Å²) in [5, 5.41) is 6.61. The number of nitrogens with two attached hydrogens (primary N) is 1. The number of fused-ring (bicyclic) bond motifs is 1. The number of aromatic nitrogens is 1. The summed E-state index contributed by atoms with van der Waals surface area (Å²) in [7, 11) is 1.62. The van der Waals surface area contributed by atoms with Gasteiger partial charge in [0.2, 0.25) is 11.8 Å². The van der Waals surface area contributed by atoms with Crippen LogP contribution in [-0.4, -0.2) is 29.5 Å². The largest absolute Gasteiger partial charge is 0.358 e. The first-order valence-corrected chi connectivity index (χ1v) is 8.41. The van der Waals surface area contributed by atoms with Gasteiger partial charge in [0.05, 0.1) is 5.52 Å². The quantitative estimate of drug-likeness (QED) is 0.782. The fraction of sp³-hybridized carbons (Fsp3) is 0.444. The van der Waals surface area contributed by atoms with Crippen LogP contribution in [0.15, 0.2) is 30.5 Å². The molecule has 1 fully saturated rings. The molecular weight excluding hydrogens is 304 g/mol. The standard InChI is InChI=1S/C18H24N4O2/c1-20-18(24)11-22-8-7-12-5-6-14(10-16(12)22)21-17(23)9-13-3-2-4-15(13)19/h5-8,10,13,15H,2-4,9,11,19H2,1H3,(H,20,24)(H,21,23)/t13-,15+/m0/s1. The minimum Gasteiger partial charge on any atom is -0.358 e. The molecule has 0 spiro atoms. The number of hydrogen-bond acceptors (Lipinski definition) is 3. The van der Waals surface area contributed by atoms with Crippen molar-refractivity contribution in [1.29, 1.82) is 0 Å². The van der Waals surface area contributed by atoms with E-state index in [9.17, 15) is 9.59 Å². The third kappa shape index (κ3) is 3.59. The van der Waals surface area contributed by atoms with Crippen molar-refractivity contribution >= 4 is 28.4 Å². The van der Waals surface area contributed by atoms with Gasteiger partial charge in [0, 0.05) is 31.4 Å². The molecule has 1 aliphatic rings. The zero-order valence-corrected chi connectivity index (χ0v) is 13.9. The van der Waals surface area contributed by atoms with Gasteiger partial charge in [0.15, 0.2) is 0 Å². The Hall–Kier alpha value is -2.34. The average Bonchev–Trinajstić information content (AvgIpc) is 3.14. The van der Waals surface area contributed by atoms with Crippen molar-refractivity contribution in [2.45, 2.75) is 38.3 Å². The molecule has 1 aromatic heterocycles. The lowest BCUT2D eigenvalue weighted by atomic mass is 10.00. The predicted octanol–water partition coefficient (Wildman–Crippen LogP) is 1.84. The summed E-state index contributed by atoms with van der Waals surface area (Å²) < 4.78 is 1.87. The van der Waals surface area contributed by atoms with E-state index in [0.29, 0.717) is 6.42 Å². The van der Waals surface area contributed by atoms with Crippen LogP contribution in [0.3, 0.4) is 0 Å². The molecule has 6 heteroatoms. The molecule has 1 saturated carbocycles. The van der Waals surface area contributed by atoms with E-state index < -0.39 is 0 Å². The van der Waals surface area contributed by atoms with E-state index in [2.05, 4.69) is 10.6 Å². The summed E-state index contributed by atoms with van der Waals surface area (Å²) in [5.74, 6) is 0.226. The lowest BCUT2D eigenvalue weighted by molar-refractivity contribution is -0.121. The minimum absolute atomic E-state index is 0.00103. The maximum Gasteiger partial charge on any atom is 0.239 e. The molecule has 0 radical (unpaired) electrons. The van der Waals surface area contributed by atoms with E-state index in [0.717, 1.165) is 35.9 Å². The SMILES string of the molecule is CNC(=O)Cn1ccc2ccc(NC(=O)C[C@@H]3CCC[C@H]3N)cc21. The lowest BCUT2D eigenvalue weighted by Crippen LogP contribution is -2.28. The van der Waals surface area contributed by atoms with Crippen LogP contribution >= 0.6 is 0 Å². The van der Waals surface area contributed by atoms with Gasteiger partial charge in [-0.05, 0) is 42.3 Å². The van der Waals surface area contributed by atoms with Crippen molar-refractivity contribution in [2.24, 2.45) is 11.7 Å². The van der Waals surface area contributed by atoms with Crippen LogP contribution in [0.5, 0.6) is 0 Å². The summed E-state index contributed by atoms with van der Waals surface area (Å²) in [5.41, 5.74) is 7.71. The Kier molecular flexibility index (Phi) is 4.85. The molecule has 1 aliphatic carbocycles. The molecule has 24 heavy (non-hydrogen) atoms. The van der Waals surface area contributed by atoms with Gasteiger partial charge in [-0.25, -0.2) is 0 Å². The zero-order chi connectivity index (χ0) is 17.1. The Morgan fingerprint density at radius 1 is 1.25 bits per heavy atom. The second kappa shape index (κ2) is 7.05. The van der Waals surface area contributed by atoms with Crippen LogP contribution in [-0.2, 0) is 16.1 Å². The van der Waals surface area contributed by atoms with Crippen LogP contribution < -0.4 is 16.4 Å². The van der Waals surface area contributed by atoms with Gasteiger partial charge in [0.25, 0.3) is 0 Å². The molecule has 3 rings (SSSR count). The Morgan fingerprint density at radius 3 is 2.79 bits per heavy atom. The summed E-state index contributed by atoms with van der Waals surface area (Å²) in [6.45, 7) is 0.258. The summed E-state index contributed by atoms with van der Waals surface area (Å²) in [4.78, 5) is 23.9. The topological polar surface area (TPSA) is 89.2 Å². The highest BCUT2D eigenvalue weighted by Crippen LogP contribution is 2.27. The Labute approximate surface area is 141 Å². The maximum atomic E-state index is 12.3. The maximum absolute atomic E-state index is 12.3. The first-order valence-electron chi connectivity index (χ1n) is 8.41. The minimum atomic E-state index is -0.0582. The Bertz CT molecular complexity index is 753. The van der Waals surface area contributed by atoms with Gasteiger partial charge in [-0.2, -0.15) is 0 Å².